The van der Waals surface area contributed by atoms with Crippen LogP contribution in [-0.4, -0.2) is 46.3 Å². The summed E-state index contributed by atoms with van der Waals surface area (Å²) in [6.07, 6.45) is 8.54. The van der Waals surface area contributed by atoms with Crippen molar-refractivity contribution >= 4 is 11.6 Å². The molecule has 5 heteroatoms. The average molecular weight is 348 g/mol. The Morgan fingerprint density at radius 2 is 2.00 bits per heavy atom. The highest BCUT2D eigenvalue weighted by Crippen LogP contribution is 2.22. The van der Waals surface area contributed by atoms with Crippen LogP contribution in [0.5, 0.6) is 5.75 Å². The molecule has 0 saturated carbocycles. The Kier molecular flexibility index (Phi) is 5.80. The van der Waals surface area contributed by atoms with Crippen LogP contribution in [0.1, 0.15) is 30.4 Å². The van der Waals surface area contributed by atoms with E-state index < -0.39 is 0 Å². The van der Waals surface area contributed by atoms with Gasteiger partial charge in [0, 0.05) is 25.7 Å². The normalized spacial score (nSPS) is 20.0. The first-order valence-electron chi connectivity index (χ1n) is 8.65. The maximum Gasteiger partial charge on any atom is 0.119 e. The Morgan fingerprint density at radius 1 is 1.21 bits per heavy atom. The van der Waals surface area contributed by atoms with Gasteiger partial charge in [0.05, 0.1) is 11.6 Å². The average Bonchev–Trinajstić information content (AvgIpc) is 2.99. The minimum atomic E-state index is 0.0327. The molecule has 2 heterocycles. The predicted octanol–water partition coefficient (Wildman–Crippen LogP) is 3.48. The second kappa shape index (κ2) is 8.04. The van der Waals surface area contributed by atoms with Gasteiger partial charge in [0.15, 0.2) is 0 Å². The number of benzene rings is 1. The van der Waals surface area contributed by atoms with Crippen LogP contribution in [0.15, 0.2) is 36.7 Å². The highest BCUT2D eigenvalue weighted by Gasteiger charge is 2.26. The monoisotopic (exact) mass is 347 g/mol. The van der Waals surface area contributed by atoms with E-state index in [1.807, 2.05) is 36.3 Å². The zero-order valence-electron chi connectivity index (χ0n) is 14.5. The lowest BCUT2D eigenvalue weighted by molar-refractivity contribution is 0.157. The first-order valence-corrected chi connectivity index (χ1v) is 9.09. The van der Waals surface area contributed by atoms with E-state index in [0.717, 1.165) is 25.1 Å². The van der Waals surface area contributed by atoms with Crippen LogP contribution in [0.25, 0.3) is 0 Å². The molecule has 4 nitrogen and oxygen atoms in total. The number of rotatable bonds is 6. The molecule has 0 aliphatic carbocycles. The molecule has 2 unspecified atom stereocenters. The molecule has 1 aromatic carbocycles. The predicted molar refractivity (Wildman–Crippen MR) is 97.9 cm³/mol. The molecule has 1 fully saturated rings. The van der Waals surface area contributed by atoms with E-state index in [9.17, 15) is 0 Å². The van der Waals surface area contributed by atoms with Crippen molar-refractivity contribution in [1.29, 1.82) is 0 Å². The fourth-order valence-electron chi connectivity index (χ4n) is 3.35. The molecule has 2 aromatic rings. The van der Waals surface area contributed by atoms with Gasteiger partial charge >= 0.3 is 0 Å². The van der Waals surface area contributed by atoms with Gasteiger partial charge in [-0.25, -0.2) is 0 Å². The first kappa shape index (κ1) is 17.3. The number of ether oxygens (including phenoxy) is 1. The van der Waals surface area contributed by atoms with Gasteiger partial charge < -0.3 is 9.64 Å². The van der Waals surface area contributed by atoms with E-state index >= 15 is 0 Å². The third-order valence-electron chi connectivity index (χ3n) is 4.74. The second-order valence-electron chi connectivity index (χ2n) is 6.71. The Labute approximate surface area is 149 Å². The third-order valence-corrected chi connectivity index (χ3v) is 5.16. The Hall–Kier alpha value is -1.52. The SMILES string of the molecule is CN1CCCCC1C(Cl)COc1ccc(Cc2cnn(C)c2)cc1. The molecule has 0 radical (unpaired) electrons. The van der Waals surface area contributed by atoms with E-state index in [0.29, 0.717) is 12.6 Å². The van der Waals surface area contributed by atoms with Gasteiger partial charge in [-0.05, 0) is 49.7 Å². The summed E-state index contributed by atoms with van der Waals surface area (Å²) in [4.78, 5) is 2.36. The van der Waals surface area contributed by atoms with E-state index in [1.54, 1.807) is 0 Å². The summed E-state index contributed by atoms with van der Waals surface area (Å²) in [6, 6.07) is 8.70. The summed E-state index contributed by atoms with van der Waals surface area (Å²) in [7, 11) is 4.10. The second-order valence-corrected chi connectivity index (χ2v) is 7.27. The van der Waals surface area contributed by atoms with Gasteiger partial charge in [0.2, 0.25) is 0 Å². The molecule has 130 valence electrons. The smallest absolute Gasteiger partial charge is 0.119 e. The standard InChI is InChI=1S/C19H26ClN3O/c1-22-10-4-3-5-19(22)18(20)14-24-17-8-6-15(7-9-17)11-16-12-21-23(2)13-16/h6-9,12-13,18-19H,3-5,10-11,14H2,1-2H3. The van der Waals surface area contributed by atoms with Gasteiger partial charge in [-0.1, -0.05) is 18.6 Å². The number of piperidine rings is 1. The molecule has 3 rings (SSSR count). The van der Waals surface area contributed by atoms with Gasteiger partial charge in [0.25, 0.3) is 0 Å². The lowest BCUT2D eigenvalue weighted by atomic mass is 10.0. The molecule has 2 atom stereocenters. The number of aryl methyl sites for hydroxylation is 1. The zero-order chi connectivity index (χ0) is 16.9. The van der Waals surface area contributed by atoms with Crippen molar-refractivity contribution in [2.24, 2.45) is 7.05 Å². The van der Waals surface area contributed by atoms with Gasteiger partial charge in [-0.3, -0.25) is 4.68 Å². The Morgan fingerprint density at radius 3 is 2.67 bits per heavy atom. The van der Waals surface area contributed by atoms with Crippen LogP contribution < -0.4 is 4.74 Å². The van der Waals surface area contributed by atoms with E-state index in [-0.39, 0.29) is 5.38 Å². The van der Waals surface area contributed by atoms with Gasteiger partial charge in [-0.15, -0.1) is 11.6 Å². The molecular formula is C19H26ClN3O. The number of hydrogen-bond acceptors (Lipinski definition) is 3. The van der Waals surface area contributed by atoms with Crippen molar-refractivity contribution in [1.82, 2.24) is 14.7 Å². The largest absolute Gasteiger partial charge is 0.492 e. The first-order chi connectivity index (χ1) is 11.6. The lowest BCUT2D eigenvalue weighted by Gasteiger charge is -2.35. The fraction of sp³-hybridized carbons (Fsp3) is 0.526. The molecule has 0 N–H and O–H groups in total. The van der Waals surface area contributed by atoms with Crippen molar-refractivity contribution in [2.45, 2.75) is 37.1 Å². The summed E-state index contributed by atoms with van der Waals surface area (Å²) < 4.78 is 7.73. The topological polar surface area (TPSA) is 30.3 Å². The molecule has 1 aliphatic heterocycles. The number of alkyl halides is 1. The minimum absolute atomic E-state index is 0.0327. The third kappa shape index (κ3) is 4.52. The summed E-state index contributed by atoms with van der Waals surface area (Å²) in [5.41, 5.74) is 2.47. The Balaban J connectivity index is 1.50. The number of aromatic nitrogens is 2. The fourth-order valence-corrected chi connectivity index (χ4v) is 3.73. The summed E-state index contributed by atoms with van der Waals surface area (Å²) in [6.45, 7) is 1.69. The van der Waals surface area contributed by atoms with Crippen molar-refractivity contribution < 1.29 is 4.74 Å². The summed E-state index contributed by atoms with van der Waals surface area (Å²) in [5, 5.41) is 4.24. The van der Waals surface area contributed by atoms with Crippen LogP contribution in [0.3, 0.4) is 0 Å². The van der Waals surface area contributed by atoms with E-state index in [2.05, 4.69) is 29.2 Å². The molecule has 24 heavy (non-hydrogen) atoms. The maximum absolute atomic E-state index is 6.57. The maximum atomic E-state index is 6.57. The lowest BCUT2D eigenvalue weighted by Crippen LogP contribution is -2.44. The molecule has 1 saturated heterocycles. The van der Waals surface area contributed by atoms with Crippen LogP contribution in [0.4, 0.5) is 0 Å². The van der Waals surface area contributed by atoms with Crippen LogP contribution in [0, 0.1) is 0 Å². The highest BCUT2D eigenvalue weighted by atomic mass is 35.5. The van der Waals surface area contributed by atoms with Crippen molar-refractivity contribution in [3.05, 3.63) is 47.8 Å². The van der Waals surface area contributed by atoms with Crippen molar-refractivity contribution in [2.75, 3.05) is 20.2 Å². The molecule has 1 aromatic heterocycles. The van der Waals surface area contributed by atoms with Gasteiger partial charge in [-0.2, -0.15) is 5.10 Å². The number of likely N-dealkylation sites (tertiary alicyclic amines) is 1. The van der Waals surface area contributed by atoms with Crippen molar-refractivity contribution in [3.63, 3.8) is 0 Å². The minimum Gasteiger partial charge on any atom is -0.492 e. The highest BCUT2D eigenvalue weighted by molar-refractivity contribution is 6.21. The molecule has 0 bridgehead atoms. The zero-order valence-corrected chi connectivity index (χ0v) is 15.2. The molecule has 1 aliphatic rings. The van der Waals surface area contributed by atoms with E-state index in [1.165, 1.54) is 24.0 Å². The molecular weight excluding hydrogens is 322 g/mol. The number of hydrogen-bond donors (Lipinski definition) is 0. The quantitative estimate of drug-likeness (QED) is 0.749. The van der Waals surface area contributed by atoms with Gasteiger partial charge in [0.1, 0.15) is 12.4 Å². The molecule has 0 amide bonds. The van der Waals surface area contributed by atoms with Crippen LogP contribution in [0.2, 0.25) is 0 Å². The molecule has 0 spiro atoms. The van der Waals surface area contributed by atoms with E-state index in [4.69, 9.17) is 16.3 Å². The van der Waals surface area contributed by atoms with Crippen LogP contribution >= 0.6 is 11.6 Å². The summed E-state index contributed by atoms with van der Waals surface area (Å²) >= 11 is 6.57. The number of nitrogens with zero attached hydrogens (tertiary/aromatic N) is 3. The Bertz CT molecular complexity index is 640. The van der Waals surface area contributed by atoms with Crippen molar-refractivity contribution in [3.8, 4) is 5.75 Å². The van der Waals surface area contributed by atoms with Crippen LogP contribution in [-0.2, 0) is 13.5 Å². The number of halogens is 1. The summed E-state index contributed by atoms with van der Waals surface area (Å²) in [5.74, 6) is 0.883.